The van der Waals surface area contributed by atoms with Crippen LogP contribution in [0.25, 0.3) is 16.7 Å². The van der Waals surface area contributed by atoms with E-state index < -0.39 is 5.92 Å². The summed E-state index contributed by atoms with van der Waals surface area (Å²) in [6.45, 7) is 2.87. The molecule has 0 radical (unpaired) electrons. The van der Waals surface area contributed by atoms with Crippen LogP contribution in [0.3, 0.4) is 0 Å². The van der Waals surface area contributed by atoms with Crippen molar-refractivity contribution in [1.29, 1.82) is 0 Å². The number of halogens is 2. The normalized spacial score (nSPS) is 11.9. The smallest absolute Gasteiger partial charge is 0.296 e. The predicted octanol–water partition coefficient (Wildman–Crippen LogP) is 4.43. The zero-order valence-electron chi connectivity index (χ0n) is 16.7. The molecule has 4 rings (SSSR count). The largest absolute Gasteiger partial charge is 0.487 e. The van der Waals surface area contributed by atoms with E-state index in [1.54, 1.807) is 12.3 Å². The summed E-state index contributed by atoms with van der Waals surface area (Å²) in [6, 6.07) is 8.69. The van der Waals surface area contributed by atoms with Crippen LogP contribution in [0.2, 0.25) is 0 Å². The van der Waals surface area contributed by atoms with Crippen molar-refractivity contribution in [3.63, 3.8) is 0 Å². The number of thiazole rings is 1. The van der Waals surface area contributed by atoms with E-state index in [1.807, 2.05) is 36.7 Å². The maximum Gasteiger partial charge on any atom is 0.296 e. The van der Waals surface area contributed by atoms with Crippen LogP contribution in [0.1, 0.15) is 30.4 Å². The van der Waals surface area contributed by atoms with Crippen molar-refractivity contribution in [2.24, 2.45) is 7.05 Å². The zero-order valence-corrected chi connectivity index (χ0v) is 17.5. The second-order valence-corrected chi connectivity index (χ2v) is 7.86. The van der Waals surface area contributed by atoms with Gasteiger partial charge in [0.2, 0.25) is 0 Å². The SMILES string of the molecule is CCc1nc2ccc(-n3ccc(OCc4csc(C(C)(F)F)n4)cc3=O)cc2n1C. The first-order chi connectivity index (χ1) is 14.3. The molecule has 4 aromatic rings. The fourth-order valence-corrected chi connectivity index (χ4v) is 3.94. The Kier molecular flexibility index (Phi) is 5.15. The van der Waals surface area contributed by atoms with Gasteiger partial charge in [-0.3, -0.25) is 9.36 Å². The Labute approximate surface area is 175 Å². The number of hydrogen-bond donors (Lipinski definition) is 0. The van der Waals surface area contributed by atoms with Gasteiger partial charge < -0.3 is 9.30 Å². The van der Waals surface area contributed by atoms with Gasteiger partial charge in [-0.2, -0.15) is 8.78 Å². The van der Waals surface area contributed by atoms with Crippen molar-refractivity contribution in [3.8, 4) is 11.4 Å². The van der Waals surface area contributed by atoms with E-state index in [0.29, 0.717) is 11.4 Å². The molecule has 0 fully saturated rings. The van der Waals surface area contributed by atoms with Gasteiger partial charge in [0.1, 0.15) is 18.2 Å². The summed E-state index contributed by atoms with van der Waals surface area (Å²) in [5.74, 6) is -1.65. The Morgan fingerprint density at radius 2 is 2.00 bits per heavy atom. The summed E-state index contributed by atoms with van der Waals surface area (Å²) in [6.07, 6.45) is 2.45. The van der Waals surface area contributed by atoms with Gasteiger partial charge in [-0.1, -0.05) is 6.92 Å². The Balaban J connectivity index is 1.55. The molecule has 0 N–H and O–H groups in total. The van der Waals surface area contributed by atoms with Gasteiger partial charge in [-0.25, -0.2) is 9.97 Å². The van der Waals surface area contributed by atoms with Crippen molar-refractivity contribution in [1.82, 2.24) is 19.1 Å². The van der Waals surface area contributed by atoms with Crippen molar-refractivity contribution in [2.75, 3.05) is 0 Å². The molecule has 0 aliphatic heterocycles. The molecule has 0 spiro atoms. The highest BCUT2D eigenvalue weighted by Gasteiger charge is 2.28. The second-order valence-electron chi connectivity index (χ2n) is 7.01. The van der Waals surface area contributed by atoms with Gasteiger partial charge in [0, 0.05) is 38.0 Å². The number of fused-ring (bicyclic) bond motifs is 1. The van der Waals surface area contributed by atoms with E-state index in [4.69, 9.17) is 4.74 Å². The molecule has 0 aliphatic carbocycles. The number of imidazole rings is 1. The first-order valence-electron chi connectivity index (χ1n) is 9.40. The van der Waals surface area contributed by atoms with Gasteiger partial charge in [0.25, 0.3) is 11.5 Å². The molecule has 3 heterocycles. The number of aromatic nitrogens is 4. The number of nitrogens with zero attached hydrogens (tertiary/aromatic N) is 4. The Morgan fingerprint density at radius 1 is 1.20 bits per heavy atom. The van der Waals surface area contributed by atoms with Crippen LogP contribution in [0.5, 0.6) is 5.75 Å². The van der Waals surface area contributed by atoms with E-state index >= 15 is 0 Å². The number of rotatable bonds is 6. The Morgan fingerprint density at radius 3 is 2.67 bits per heavy atom. The number of pyridine rings is 1. The lowest BCUT2D eigenvalue weighted by atomic mass is 10.2. The lowest BCUT2D eigenvalue weighted by molar-refractivity contribution is 0.0170. The van der Waals surface area contributed by atoms with Gasteiger partial charge in [-0.15, -0.1) is 11.3 Å². The van der Waals surface area contributed by atoms with E-state index in [2.05, 4.69) is 9.97 Å². The summed E-state index contributed by atoms with van der Waals surface area (Å²) in [4.78, 5) is 21.1. The fourth-order valence-electron chi connectivity index (χ4n) is 3.19. The molecular weight excluding hydrogens is 410 g/mol. The van der Waals surface area contributed by atoms with Crippen LogP contribution in [-0.2, 0) is 26.0 Å². The Bertz CT molecular complexity index is 1270. The van der Waals surface area contributed by atoms with E-state index in [1.165, 1.54) is 16.0 Å². The molecule has 0 amide bonds. The minimum atomic E-state index is -2.98. The third-order valence-electron chi connectivity index (χ3n) is 4.76. The molecule has 0 saturated carbocycles. The van der Waals surface area contributed by atoms with Gasteiger partial charge >= 0.3 is 0 Å². The summed E-state index contributed by atoms with van der Waals surface area (Å²) in [7, 11) is 1.95. The average Bonchev–Trinajstić information content (AvgIpc) is 3.31. The molecule has 0 bridgehead atoms. The maximum absolute atomic E-state index is 13.3. The number of benzene rings is 1. The van der Waals surface area contributed by atoms with Crippen molar-refractivity contribution in [2.45, 2.75) is 32.8 Å². The van der Waals surface area contributed by atoms with Crippen molar-refractivity contribution in [3.05, 3.63) is 68.8 Å². The standard InChI is InChI=1S/C21H20F2N4O2S/c1-4-18-25-16-6-5-14(9-17(16)26(18)3)27-8-7-15(10-19(27)28)29-11-13-12-30-20(24-13)21(2,22)23/h5-10,12H,4,11H2,1-3H3. The van der Waals surface area contributed by atoms with Crippen LogP contribution < -0.4 is 10.3 Å². The average molecular weight is 430 g/mol. The molecule has 0 atom stereocenters. The summed E-state index contributed by atoms with van der Waals surface area (Å²) >= 11 is 0.886. The van der Waals surface area contributed by atoms with Crippen LogP contribution >= 0.6 is 11.3 Å². The predicted molar refractivity (Wildman–Crippen MR) is 112 cm³/mol. The fraction of sp³-hybridized carbons (Fsp3) is 0.286. The van der Waals surface area contributed by atoms with Crippen molar-refractivity contribution < 1.29 is 13.5 Å². The zero-order chi connectivity index (χ0) is 21.5. The summed E-state index contributed by atoms with van der Waals surface area (Å²) in [5, 5.41) is 1.27. The molecule has 1 aromatic carbocycles. The number of aryl methyl sites for hydroxylation is 2. The number of ether oxygens (including phenoxy) is 1. The molecule has 0 aliphatic rings. The third-order valence-corrected chi connectivity index (χ3v) is 5.82. The van der Waals surface area contributed by atoms with E-state index in [-0.39, 0.29) is 17.2 Å². The number of hydrogen-bond acceptors (Lipinski definition) is 5. The highest BCUT2D eigenvalue weighted by Crippen LogP contribution is 2.29. The van der Waals surface area contributed by atoms with Gasteiger partial charge in [0.15, 0.2) is 5.01 Å². The topological polar surface area (TPSA) is 61.9 Å². The molecule has 156 valence electrons. The van der Waals surface area contributed by atoms with Crippen LogP contribution in [0, 0.1) is 0 Å². The lowest BCUT2D eigenvalue weighted by Crippen LogP contribution is -2.16. The molecule has 30 heavy (non-hydrogen) atoms. The molecule has 9 heteroatoms. The van der Waals surface area contributed by atoms with Gasteiger partial charge in [0.05, 0.1) is 22.4 Å². The molecule has 6 nitrogen and oxygen atoms in total. The Hall–Kier alpha value is -3.07. The molecule has 3 aromatic heterocycles. The first-order valence-corrected chi connectivity index (χ1v) is 10.3. The summed E-state index contributed by atoms with van der Waals surface area (Å²) in [5.41, 5.74) is 2.69. The van der Waals surface area contributed by atoms with E-state index in [0.717, 1.165) is 47.2 Å². The van der Waals surface area contributed by atoms with Crippen LogP contribution in [-0.4, -0.2) is 19.1 Å². The minimum Gasteiger partial charge on any atom is -0.487 e. The molecular formula is C21H20F2N4O2S. The lowest BCUT2D eigenvalue weighted by Gasteiger charge is -2.09. The van der Waals surface area contributed by atoms with Crippen molar-refractivity contribution >= 4 is 22.4 Å². The van der Waals surface area contributed by atoms with Crippen LogP contribution in [0.4, 0.5) is 8.78 Å². The highest BCUT2D eigenvalue weighted by molar-refractivity contribution is 7.09. The quantitative estimate of drug-likeness (QED) is 0.454. The first kappa shape index (κ1) is 20.2. The second kappa shape index (κ2) is 7.64. The monoisotopic (exact) mass is 430 g/mol. The molecule has 0 unspecified atom stereocenters. The minimum absolute atomic E-state index is 0.0107. The third kappa shape index (κ3) is 3.85. The van der Waals surface area contributed by atoms with Crippen LogP contribution in [0.15, 0.2) is 46.7 Å². The number of alkyl halides is 2. The molecule has 0 saturated heterocycles. The van der Waals surface area contributed by atoms with E-state index in [9.17, 15) is 13.6 Å². The summed E-state index contributed by atoms with van der Waals surface area (Å²) < 4.78 is 35.7. The highest BCUT2D eigenvalue weighted by atomic mass is 32.1. The maximum atomic E-state index is 13.3. The van der Waals surface area contributed by atoms with Gasteiger partial charge in [-0.05, 0) is 24.3 Å².